The van der Waals surface area contributed by atoms with E-state index in [4.69, 9.17) is 14.2 Å². The van der Waals surface area contributed by atoms with Gasteiger partial charge in [-0.05, 0) is 97.6 Å². The second-order valence-corrected chi connectivity index (χ2v) is 28.9. The Morgan fingerprint density at radius 2 is 0.410 bits per heavy atom. The molecule has 3 nitrogen and oxygen atoms in total. The number of benzene rings is 4. The Balaban J connectivity index is 1.28. The summed E-state index contributed by atoms with van der Waals surface area (Å²) in [6.45, 7) is 9.27. The molecule has 4 rings (SSSR count). The van der Waals surface area contributed by atoms with Crippen molar-refractivity contribution < 1.29 is 14.2 Å². The highest BCUT2D eigenvalue weighted by atomic mass is 31.2. The Morgan fingerprint density at radius 3 is 0.614 bits per heavy atom. The van der Waals surface area contributed by atoms with E-state index in [2.05, 4.69) is 124 Å². The molecule has 4 aromatic carbocycles. The molecule has 0 saturated carbocycles. The Hall–Kier alpha value is -3.29. The van der Waals surface area contributed by atoms with E-state index in [-0.39, 0.29) is 0 Å². The van der Waals surface area contributed by atoms with Crippen molar-refractivity contribution in [3.63, 3.8) is 0 Å². The number of ether oxygens (including phenoxy) is 3. The summed E-state index contributed by atoms with van der Waals surface area (Å²) in [6, 6.07) is 38.9. The van der Waals surface area contributed by atoms with Crippen molar-refractivity contribution >= 4 is 23.2 Å². The minimum atomic E-state index is -2.20. The first kappa shape index (κ1) is 72.2. The molecule has 0 amide bonds. The largest absolute Gasteiger partial charge is 0.494 e. The molecule has 0 N–H and O–H groups in total. The quantitative estimate of drug-likeness (QED) is 0.0326. The van der Waals surface area contributed by atoms with Crippen molar-refractivity contribution in [1.29, 1.82) is 0 Å². The van der Waals surface area contributed by atoms with Gasteiger partial charge < -0.3 is 14.2 Å². The summed E-state index contributed by atoms with van der Waals surface area (Å²) < 4.78 is 19.4. The number of rotatable bonds is 59. The van der Waals surface area contributed by atoms with Crippen molar-refractivity contribution in [3.05, 3.63) is 109 Å². The molecular formula is C79H130O3P+. The van der Waals surface area contributed by atoms with Gasteiger partial charge in [-0.25, -0.2) is 0 Å². The number of hydrogen-bond donors (Lipinski definition) is 0. The molecule has 0 aromatic heterocycles. The highest BCUT2D eigenvalue weighted by molar-refractivity contribution is 7.95. The third-order valence-corrected chi connectivity index (χ3v) is 22.3. The molecule has 468 valence electrons. The molecule has 0 radical (unpaired) electrons. The van der Waals surface area contributed by atoms with E-state index in [1.807, 2.05) is 0 Å². The van der Waals surface area contributed by atoms with Gasteiger partial charge >= 0.3 is 0 Å². The van der Waals surface area contributed by atoms with Crippen LogP contribution in [0, 0.1) is 0 Å². The molecule has 0 fully saturated rings. The van der Waals surface area contributed by atoms with Crippen LogP contribution in [-0.2, 0) is 6.16 Å². The minimum absolute atomic E-state index is 0.782. The fourth-order valence-corrected chi connectivity index (χ4v) is 16.7. The van der Waals surface area contributed by atoms with Crippen LogP contribution in [-0.4, -0.2) is 19.8 Å². The van der Waals surface area contributed by atoms with E-state index < -0.39 is 7.26 Å². The van der Waals surface area contributed by atoms with Crippen LogP contribution < -0.4 is 30.1 Å². The summed E-state index contributed by atoms with van der Waals surface area (Å²) in [7, 11) is -2.20. The fraction of sp³-hybridized carbons (Fsp3) is 0.696. The highest BCUT2D eigenvalue weighted by Gasteiger charge is 2.46. The maximum absolute atomic E-state index is 6.45. The lowest BCUT2D eigenvalue weighted by molar-refractivity contribution is 0.304. The summed E-state index contributed by atoms with van der Waals surface area (Å²) in [5.74, 6) is 2.93. The predicted molar refractivity (Wildman–Crippen MR) is 370 cm³/mol. The van der Waals surface area contributed by atoms with Crippen LogP contribution >= 0.6 is 7.26 Å². The van der Waals surface area contributed by atoms with Crippen molar-refractivity contribution in [2.24, 2.45) is 0 Å². The zero-order valence-corrected chi connectivity index (χ0v) is 55.7. The molecule has 4 aromatic rings. The van der Waals surface area contributed by atoms with Crippen molar-refractivity contribution in [3.8, 4) is 17.2 Å². The molecule has 0 aliphatic heterocycles. The van der Waals surface area contributed by atoms with Crippen LogP contribution in [0.15, 0.2) is 103 Å². The minimum Gasteiger partial charge on any atom is -0.494 e. The summed E-state index contributed by atoms with van der Waals surface area (Å²) in [6.07, 6.45) is 67.2. The van der Waals surface area contributed by atoms with Crippen molar-refractivity contribution in [2.75, 3.05) is 19.8 Å². The molecule has 0 heterocycles. The van der Waals surface area contributed by atoms with Gasteiger partial charge in [-0.2, -0.15) is 0 Å². The standard InChI is InChI=1S/C79H130O3P/c1-4-7-10-13-16-19-22-25-28-31-34-37-40-43-46-52-69-80-74-57-63-77(64-58-74)83(72-73-55-50-49-51-56-73,78-65-59-75(60-66-78)81-70-53-47-44-41-38-35-32-29-26-23-20-17-14-11-8-5-2)79-67-61-76(62-68-79)82-71-54-48-45-42-39-36-33-30-27-24-21-18-15-12-9-6-3/h49-51,55-68H,4-48,52-54,69-72H2,1-3H3/q+1. The lowest BCUT2D eigenvalue weighted by Gasteiger charge is -2.28. The normalized spacial score (nSPS) is 11.7. The van der Waals surface area contributed by atoms with E-state index >= 15 is 0 Å². The molecule has 0 bridgehead atoms. The monoisotopic (exact) mass is 1160 g/mol. The zero-order chi connectivity index (χ0) is 58.5. The lowest BCUT2D eigenvalue weighted by Crippen LogP contribution is -2.32. The van der Waals surface area contributed by atoms with Crippen LogP contribution in [0.5, 0.6) is 17.2 Å². The molecule has 0 aliphatic rings. The van der Waals surface area contributed by atoms with Gasteiger partial charge in [0, 0.05) is 0 Å². The van der Waals surface area contributed by atoms with E-state index in [0.29, 0.717) is 0 Å². The molecule has 0 aliphatic carbocycles. The smallest absolute Gasteiger partial charge is 0.119 e. The molecular weight excluding hydrogens is 1030 g/mol. The van der Waals surface area contributed by atoms with E-state index in [0.717, 1.165) is 62.5 Å². The fourth-order valence-electron chi connectivity index (χ4n) is 12.5. The molecule has 83 heavy (non-hydrogen) atoms. The van der Waals surface area contributed by atoms with Crippen LogP contribution in [0.1, 0.15) is 335 Å². The Kier molecular flexibility index (Phi) is 45.1. The Bertz CT molecular complexity index is 1780. The second-order valence-electron chi connectivity index (χ2n) is 25.4. The van der Waals surface area contributed by atoms with Gasteiger partial charge in [0.05, 0.1) is 26.0 Å². The first-order valence-electron chi connectivity index (χ1n) is 36.3. The summed E-state index contributed by atoms with van der Waals surface area (Å²) in [5.41, 5.74) is 1.36. The van der Waals surface area contributed by atoms with Crippen molar-refractivity contribution in [1.82, 2.24) is 0 Å². The van der Waals surface area contributed by atoms with Crippen LogP contribution in [0.25, 0.3) is 0 Å². The molecule has 0 spiro atoms. The Labute approximate surface area is 515 Å². The number of hydrogen-bond acceptors (Lipinski definition) is 3. The topological polar surface area (TPSA) is 27.7 Å². The van der Waals surface area contributed by atoms with Gasteiger partial charge in [0.2, 0.25) is 0 Å². The maximum Gasteiger partial charge on any atom is 0.119 e. The Morgan fingerprint density at radius 1 is 0.217 bits per heavy atom. The van der Waals surface area contributed by atoms with E-state index in [1.165, 1.54) is 310 Å². The van der Waals surface area contributed by atoms with Crippen LogP contribution in [0.3, 0.4) is 0 Å². The molecule has 4 heteroatoms. The first-order chi connectivity index (χ1) is 41.2. The summed E-state index contributed by atoms with van der Waals surface area (Å²) >= 11 is 0. The number of unbranched alkanes of at least 4 members (excludes halogenated alkanes) is 45. The maximum atomic E-state index is 6.45. The van der Waals surface area contributed by atoms with Crippen molar-refractivity contribution in [2.45, 2.75) is 335 Å². The zero-order valence-electron chi connectivity index (χ0n) is 54.8. The van der Waals surface area contributed by atoms with Crippen LogP contribution in [0.2, 0.25) is 0 Å². The summed E-state index contributed by atoms with van der Waals surface area (Å²) in [5, 5.41) is 4.12. The predicted octanol–water partition coefficient (Wildman–Crippen LogP) is 25.1. The lowest BCUT2D eigenvalue weighted by atomic mass is 10.0. The van der Waals surface area contributed by atoms with Gasteiger partial charge in [-0.1, -0.05) is 340 Å². The third-order valence-electron chi connectivity index (χ3n) is 17.9. The van der Waals surface area contributed by atoms with Gasteiger partial charge in [0.1, 0.15) is 40.4 Å². The van der Waals surface area contributed by atoms with Gasteiger partial charge in [0.15, 0.2) is 0 Å². The second kappa shape index (κ2) is 51.9. The summed E-state index contributed by atoms with van der Waals surface area (Å²) in [4.78, 5) is 0. The van der Waals surface area contributed by atoms with E-state index in [9.17, 15) is 0 Å². The average molecular weight is 1160 g/mol. The third kappa shape index (κ3) is 35.2. The van der Waals surface area contributed by atoms with Gasteiger partial charge in [0.25, 0.3) is 0 Å². The first-order valence-corrected chi connectivity index (χ1v) is 38.3. The highest BCUT2D eigenvalue weighted by Crippen LogP contribution is 2.58. The van der Waals surface area contributed by atoms with Gasteiger partial charge in [-0.15, -0.1) is 0 Å². The van der Waals surface area contributed by atoms with Crippen LogP contribution in [0.4, 0.5) is 0 Å². The SMILES string of the molecule is CCCCCCCCCCCCCCCCCCOc1ccc([P+](Cc2ccccc2)(c2ccc(OCCCCCCCCCCCCCCCCCC)cc2)c2ccc(OCCCCCCCCCCCCCCCCCC)cc2)cc1. The molecule has 0 unspecified atom stereocenters. The molecule has 0 atom stereocenters. The van der Waals surface area contributed by atoms with Gasteiger partial charge in [-0.3, -0.25) is 0 Å². The van der Waals surface area contributed by atoms with E-state index in [1.54, 1.807) is 0 Å². The average Bonchev–Trinajstić information content (AvgIpc) is 3.44. The molecule has 0 saturated heterocycles.